The van der Waals surface area contributed by atoms with Crippen LogP contribution in [0.1, 0.15) is 47.5 Å². The summed E-state index contributed by atoms with van der Waals surface area (Å²) in [5.41, 5.74) is 5.88. The average molecular weight is 433 g/mol. The van der Waals surface area contributed by atoms with E-state index in [2.05, 4.69) is 16.0 Å². The summed E-state index contributed by atoms with van der Waals surface area (Å²) in [7, 11) is 0. The number of rotatable bonds is 13. The lowest BCUT2D eigenvalue weighted by Crippen LogP contribution is -2.58. The Kier molecular flexibility index (Phi) is 12.6. The first-order chi connectivity index (χ1) is 13.5. The van der Waals surface area contributed by atoms with E-state index in [1.807, 2.05) is 20.1 Å². The molecule has 10 heteroatoms. The predicted molar refractivity (Wildman–Crippen MR) is 114 cm³/mol. The molecular weight excluding hydrogens is 396 g/mol. The molecule has 0 saturated carbocycles. The SMILES string of the molecule is CCC(C)C(NC(=O)C(N)CCSC)C(=O)NC(C)C(=O)NC(C(=O)O)C(C)C. The Bertz CT molecular complexity index is 573. The van der Waals surface area contributed by atoms with Gasteiger partial charge in [0.25, 0.3) is 0 Å². The van der Waals surface area contributed by atoms with Crippen molar-refractivity contribution in [3.8, 4) is 0 Å². The van der Waals surface area contributed by atoms with Crippen molar-refractivity contribution in [1.82, 2.24) is 16.0 Å². The van der Waals surface area contributed by atoms with Crippen molar-refractivity contribution in [1.29, 1.82) is 0 Å². The van der Waals surface area contributed by atoms with Crippen LogP contribution in [0.5, 0.6) is 0 Å². The lowest BCUT2D eigenvalue weighted by molar-refractivity contribution is -0.143. The first-order valence-corrected chi connectivity index (χ1v) is 11.2. The van der Waals surface area contributed by atoms with E-state index >= 15 is 0 Å². The fourth-order valence-electron chi connectivity index (χ4n) is 2.50. The number of amides is 3. The third-order valence-electron chi connectivity index (χ3n) is 4.75. The molecule has 0 spiro atoms. The molecule has 0 rings (SSSR count). The Morgan fingerprint density at radius 1 is 0.931 bits per heavy atom. The molecule has 0 aliphatic heterocycles. The molecule has 0 aliphatic carbocycles. The van der Waals surface area contributed by atoms with E-state index in [9.17, 15) is 24.3 Å². The highest BCUT2D eigenvalue weighted by Gasteiger charge is 2.31. The van der Waals surface area contributed by atoms with Crippen molar-refractivity contribution < 1.29 is 24.3 Å². The molecule has 5 atom stereocenters. The fourth-order valence-corrected chi connectivity index (χ4v) is 2.99. The molecule has 0 bridgehead atoms. The van der Waals surface area contributed by atoms with Gasteiger partial charge in [0.2, 0.25) is 17.7 Å². The molecule has 29 heavy (non-hydrogen) atoms. The minimum absolute atomic E-state index is 0.176. The van der Waals surface area contributed by atoms with Crippen LogP contribution in [0.4, 0.5) is 0 Å². The van der Waals surface area contributed by atoms with E-state index in [1.165, 1.54) is 6.92 Å². The highest BCUT2D eigenvalue weighted by molar-refractivity contribution is 7.98. The molecule has 5 unspecified atom stereocenters. The van der Waals surface area contributed by atoms with Gasteiger partial charge in [-0.25, -0.2) is 4.79 Å². The number of carboxylic acids is 1. The van der Waals surface area contributed by atoms with Gasteiger partial charge in [-0.2, -0.15) is 11.8 Å². The van der Waals surface area contributed by atoms with Gasteiger partial charge in [-0.1, -0.05) is 34.1 Å². The smallest absolute Gasteiger partial charge is 0.326 e. The van der Waals surface area contributed by atoms with E-state index in [0.717, 1.165) is 5.75 Å². The third kappa shape index (κ3) is 9.49. The summed E-state index contributed by atoms with van der Waals surface area (Å²) < 4.78 is 0. The summed E-state index contributed by atoms with van der Waals surface area (Å²) in [4.78, 5) is 48.6. The first-order valence-electron chi connectivity index (χ1n) is 9.84. The molecule has 6 N–H and O–H groups in total. The Labute approximate surface area is 177 Å². The second-order valence-corrected chi connectivity index (χ2v) is 8.54. The van der Waals surface area contributed by atoms with E-state index < -0.39 is 47.9 Å². The molecule has 3 amide bonds. The number of carbonyl (C=O) groups excluding carboxylic acids is 3. The van der Waals surface area contributed by atoms with Gasteiger partial charge in [0.15, 0.2) is 0 Å². The van der Waals surface area contributed by atoms with Crippen LogP contribution in [0.2, 0.25) is 0 Å². The Balaban J connectivity index is 5.07. The van der Waals surface area contributed by atoms with Crippen LogP contribution in [-0.4, -0.2) is 65.0 Å². The number of aliphatic carboxylic acids is 1. The van der Waals surface area contributed by atoms with E-state index in [0.29, 0.717) is 12.8 Å². The molecule has 9 nitrogen and oxygen atoms in total. The van der Waals surface area contributed by atoms with Gasteiger partial charge in [0, 0.05) is 0 Å². The molecule has 0 fully saturated rings. The highest BCUT2D eigenvalue weighted by atomic mass is 32.2. The van der Waals surface area contributed by atoms with Crippen molar-refractivity contribution in [2.24, 2.45) is 17.6 Å². The quantitative estimate of drug-likeness (QED) is 0.281. The minimum Gasteiger partial charge on any atom is -0.480 e. The maximum atomic E-state index is 12.7. The molecule has 168 valence electrons. The Hall–Kier alpha value is -1.81. The molecule has 0 heterocycles. The lowest BCUT2D eigenvalue weighted by atomic mass is 9.97. The fraction of sp³-hybridized carbons (Fsp3) is 0.789. The van der Waals surface area contributed by atoms with Gasteiger partial charge in [-0.15, -0.1) is 0 Å². The summed E-state index contributed by atoms with van der Waals surface area (Å²) in [5, 5.41) is 16.9. The predicted octanol–water partition coefficient (Wildman–Crippen LogP) is 0.328. The number of thioether (sulfide) groups is 1. The summed E-state index contributed by atoms with van der Waals surface area (Å²) in [5.74, 6) is -2.43. The molecule has 0 aromatic rings. The minimum atomic E-state index is -1.14. The zero-order chi connectivity index (χ0) is 22.7. The standard InChI is InChI=1S/C19H36N4O5S/c1-7-11(4)15(23-17(25)13(20)8-9-29-6)18(26)21-12(5)16(24)22-14(10(2)3)19(27)28/h10-15H,7-9,20H2,1-6H3,(H,21,26)(H,22,24)(H,23,25)(H,27,28). The van der Waals surface area contributed by atoms with Crippen molar-refractivity contribution in [3.05, 3.63) is 0 Å². The number of hydrogen-bond donors (Lipinski definition) is 5. The number of carboxylic acid groups (broad SMARTS) is 1. The largest absolute Gasteiger partial charge is 0.480 e. The maximum absolute atomic E-state index is 12.7. The lowest BCUT2D eigenvalue weighted by Gasteiger charge is -2.27. The number of hydrogen-bond acceptors (Lipinski definition) is 6. The molecule has 0 aromatic heterocycles. The Morgan fingerprint density at radius 2 is 1.48 bits per heavy atom. The van der Waals surface area contributed by atoms with Crippen molar-refractivity contribution in [2.45, 2.75) is 71.6 Å². The van der Waals surface area contributed by atoms with Gasteiger partial charge in [-0.05, 0) is 37.2 Å². The van der Waals surface area contributed by atoms with Crippen molar-refractivity contribution >= 4 is 35.5 Å². The van der Waals surface area contributed by atoms with Crippen LogP contribution < -0.4 is 21.7 Å². The average Bonchev–Trinajstić information content (AvgIpc) is 2.66. The normalized spacial score (nSPS) is 16.3. The van der Waals surface area contributed by atoms with Crippen LogP contribution in [0.25, 0.3) is 0 Å². The van der Waals surface area contributed by atoms with E-state index in [1.54, 1.807) is 25.6 Å². The van der Waals surface area contributed by atoms with Crippen LogP contribution in [0, 0.1) is 11.8 Å². The number of nitrogens with two attached hydrogens (primary N) is 1. The molecule has 0 aliphatic rings. The zero-order valence-corrected chi connectivity index (χ0v) is 19.0. The molecule has 0 aromatic carbocycles. The summed E-state index contributed by atoms with van der Waals surface area (Å²) >= 11 is 1.58. The summed E-state index contributed by atoms with van der Waals surface area (Å²) in [6.07, 6.45) is 3.04. The van der Waals surface area contributed by atoms with Gasteiger partial charge in [0.1, 0.15) is 18.1 Å². The topological polar surface area (TPSA) is 151 Å². The van der Waals surface area contributed by atoms with Gasteiger partial charge in [0.05, 0.1) is 6.04 Å². The maximum Gasteiger partial charge on any atom is 0.326 e. The van der Waals surface area contributed by atoms with Gasteiger partial charge >= 0.3 is 5.97 Å². The first kappa shape index (κ1) is 27.2. The zero-order valence-electron chi connectivity index (χ0n) is 18.2. The molecule has 0 radical (unpaired) electrons. The molecular formula is C19H36N4O5S. The second-order valence-electron chi connectivity index (χ2n) is 7.56. The summed E-state index contributed by atoms with van der Waals surface area (Å²) in [6, 6.07) is -3.58. The van der Waals surface area contributed by atoms with Crippen LogP contribution in [0.15, 0.2) is 0 Å². The van der Waals surface area contributed by atoms with Gasteiger partial charge in [-0.3, -0.25) is 14.4 Å². The van der Waals surface area contributed by atoms with Gasteiger partial charge < -0.3 is 26.8 Å². The number of carbonyl (C=O) groups is 4. The summed E-state index contributed by atoms with van der Waals surface area (Å²) in [6.45, 7) is 8.53. The molecule has 0 saturated heterocycles. The Morgan fingerprint density at radius 3 is 1.93 bits per heavy atom. The third-order valence-corrected chi connectivity index (χ3v) is 5.39. The van der Waals surface area contributed by atoms with Crippen LogP contribution in [0.3, 0.4) is 0 Å². The van der Waals surface area contributed by atoms with E-state index in [-0.39, 0.29) is 11.8 Å². The van der Waals surface area contributed by atoms with Crippen LogP contribution >= 0.6 is 11.8 Å². The monoisotopic (exact) mass is 432 g/mol. The van der Waals surface area contributed by atoms with Crippen molar-refractivity contribution in [2.75, 3.05) is 12.0 Å². The van der Waals surface area contributed by atoms with Crippen LogP contribution in [-0.2, 0) is 19.2 Å². The highest BCUT2D eigenvalue weighted by Crippen LogP contribution is 2.10. The second kappa shape index (κ2) is 13.4. The van der Waals surface area contributed by atoms with E-state index in [4.69, 9.17) is 5.73 Å². The van der Waals surface area contributed by atoms with Crippen molar-refractivity contribution in [3.63, 3.8) is 0 Å². The number of nitrogens with one attached hydrogen (secondary N) is 3.